The first-order valence-corrected chi connectivity index (χ1v) is 9.04. The summed E-state index contributed by atoms with van der Waals surface area (Å²) in [6.07, 6.45) is 0.875. The van der Waals surface area contributed by atoms with Gasteiger partial charge in [-0.2, -0.15) is 10.2 Å². The summed E-state index contributed by atoms with van der Waals surface area (Å²) >= 11 is 0. The lowest BCUT2D eigenvalue weighted by Gasteiger charge is -2.07. The molecular weight excluding hydrogens is 332 g/mol. The summed E-state index contributed by atoms with van der Waals surface area (Å²) in [5, 5.41) is 11.0. The molecule has 0 saturated carbocycles. The van der Waals surface area contributed by atoms with Crippen molar-refractivity contribution in [3.8, 4) is 5.75 Å². The van der Waals surface area contributed by atoms with Crippen molar-refractivity contribution < 1.29 is 4.74 Å². The zero-order valence-corrected chi connectivity index (χ0v) is 15.0. The predicted molar refractivity (Wildman–Crippen MR) is 110 cm³/mol. The van der Waals surface area contributed by atoms with Crippen molar-refractivity contribution in [1.82, 2.24) is 0 Å². The lowest BCUT2D eigenvalue weighted by Crippen LogP contribution is -2.01. The Hall–Kier alpha value is -3.46. The van der Waals surface area contributed by atoms with Crippen LogP contribution in [0, 0.1) is 0 Å². The molecular formula is C24H20N2O. The molecule has 0 bridgehead atoms. The van der Waals surface area contributed by atoms with Crippen LogP contribution in [0.4, 0.5) is 11.4 Å². The summed E-state index contributed by atoms with van der Waals surface area (Å²) in [5.41, 5.74) is 2.93. The Balaban J connectivity index is 1.32. The van der Waals surface area contributed by atoms with Crippen molar-refractivity contribution in [3.05, 3.63) is 103 Å². The van der Waals surface area contributed by atoms with Crippen LogP contribution in [0.15, 0.2) is 107 Å². The molecule has 0 fully saturated rings. The van der Waals surface area contributed by atoms with E-state index in [0.717, 1.165) is 23.5 Å². The number of azo groups is 1. The maximum absolute atomic E-state index is 5.87. The normalized spacial score (nSPS) is 11.1. The highest BCUT2D eigenvalue weighted by molar-refractivity contribution is 5.82. The fourth-order valence-corrected chi connectivity index (χ4v) is 2.90. The van der Waals surface area contributed by atoms with Crippen LogP contribution in [0.5, 0.6) is 5.75 Å². The van der Waals surface area contributed by atoms with Crippen molar-refractivity contribution in [2.75, 3.05) is 6.61 Å². The van der Waals surface area contributed by atoms with Gasteiger partial charge in [0.1, 0.15) is 5.75 Å². The highest BCUT2D eigenvalue weighted by Crippen LogP contribution is 2.21. The van der Waals surface area contributed by atoms with Crippen molar-refractivity contribution in [2.24, 2.45) is 10.2 Å². The minimum absolute atomic E-state index is 0.642. The number of ether oxygens (including phenoxy) is 1. The summed E-state index contributed by atoms with van der Waals surface area (Å²) in [4.78, 5) is 0. The lowest BCUT2D eigenvalue weighted by molar-refractivity contribution is 0.322. The molecule has 0 N–H and O–H groups in total. The zero-order chi connectivity index (χ0) is 18.3. The minimum Gasteiger partial charge on any atom is -0.493 e. The zero-order valence-electron chi connectivity index (χ0n) is 15.0. The molecule has 0 spiro atoms. The van der Waals surface area contributed by atoms with Crippen LogP contribution in [-0.4, -0.2) is 6.61 Å². The molecule has 0 radical (unpaired) electrons. The quantitative estimate of drug-likeness (QED) is 0.348. The molecule has 3 heteroatoms. The van der Waals surface area contributed by atoms with Crippen LogP contribution in [0.1, 0.15) is 5.56 Å². The summed E-state index contributed by atoms with van der Waals surface area (Å²) < 4.78 is 5.87. The van der Waals surface area contributed by atoms with E-state index in [1.807, 2.05) is 54.6 Å². The maximum Gasteiger partial charge on any atom is 0.119 e. The Bertz CT molecular complexity index is 1040. The molecule has 27 heavy (non-hydrogen) atoms. The van der Waals surface area contributed by atoms with Gasteiger partial charge in [-0.1, -0.05) is 60.7 Å². The fraction of sp³-hybridized carbons (Fsp3) is 0.0833. The van der Waals surface area contributed by atoms with Gasteiger partial charge in [0.25, 0.3) is 0 Å². The van der Waals surface area contributed by atoms with Gasteiger partial charge in [0, 0.05) is 6.42 Å². The molecule has 0 heterocycles. The summed E-state index contributed by atoms with van der Waals surface area (Å²) in [7, 11) is 0. The predicted octanol–water partition coefficient (Wildman–Crippen LogP) is 6.88. The third kappa shape index (κ3) is 4.59. The van der Waals surface area contributed by atoms with Gasteiger partial charge in [0.05, 0.1) is 18.0 Å². The second kappa shape index (κ2) is 8.28. The second-order valence-electron chi connectivity index (χ2n) is 6.31. The third-order valence-electron chi connectivity index (χ3n) is 4.35. The first-order valence-electron chi connectivity index (χ1n) is 9.04. The Labute approximate surface area is 159 Å². The van der Waals surface area contributed by atoms with E-state index in [9.17, 15) is 0 Å². The van der Waals surface area contributed by atoms with Crippen molar-refractivity contribution in [2.45, 2.75) is 6.42 Å². The highest BCUT2D eigenvalue weighted by atomic mass is 16.5. The average molecular weight is 352 g/mol. The number of hydrogen-bond donors (Lipinski definition) is 0. The van der Waals surface area contributed by atoms with Gasteiger partial charge in [-0.15, -0.1) is 0 Å². The smallest absolute Gasteiger partial charge is 0.119 e. The Morgan fingerprint density at radius 3 is 2.04 bits per heavy atom. The first-order chi connectivity index (χ1) is 13.4. The number of benzene rings is 4. The van der Waals surface area contributed by atoms with Crippen LogP contribution in [0.3, 0.4) is 0 Å². The molecule has 0 unspecified atom stereocenters. The molecule has 0 amide bonds. The van der Waals surface area contributed by atoms with Gasteiger partial charge in [0.15, 0.2) is 0 Å². The number of hydrogen-bond acceptors (Lipinski definition) is 3. The summed E-state index contributed by atoms with van der Waals surface area (Å²) in [6.45, 7) is 0.642. The van der Waals surface area contributed by atoms with Crippen molar-refractivity contribution in [1.29, 1.82) is 0 Å². The second-order valence-corrected chi connectivity index (χ2v) is 6.31. The maximum atomic E-state index is 5.87. The van der Waals surface area contributed by atoms with Crippen LogP contribution in [0.25, 0.3) is 10.8 Å². The molecule has 3 nitrogen and oxygen atoms in total. The van der Waals surface area contributed by atoms with E-state index >= 15 is 0 Å². The van der Waals surface area contributed by atoms with Gasteiger partial charge in [-0.05, 0) is 52.7 Å². The van der Waals surface area contributed by atoms with E-state index in [1.54, 1.807) is 0 Å². The van der Waals surface area contributed by atoms with E-state index in [4.69, 9.17) is 4.74 Å². The topological polar surface area (TPSA) is 34.0 Å². The van der Waals surface area contributed by atoms with Gasteiger partial charge in [0.2, 0.25) is 0 Å². The van der Waals surface area contributed by atoms with Crippen molar-refractivity contribution >= 4 is 22.1 Å². The molecule has 0 aliphatic heterocycles. The largest absolute Gasteiger partial charge is 0.493 e. The van der Waals surface area contributed by atoms with E-state index < -0.39 is 0 Å². The third-order valence-corrected chi connectivity index (χ3v) is 4.35. The molecule has 0 aliphatic rings. The first kappa shape index (κ1) is 17.0. The van der Waals surface area contributed by atoms with Gasteiger partial charge >= 0.3 is 0 Å². The monoisotopic (exact) mass is 352 g/mol. The molecule has 132 valence electrons. The molecule has 0 aromatic heterocycles. The SMILES string of the molecule is c1ccc(N=Nc2ccc(OCCc3ccc4ccccc4c3)cc2)cc1. The van der Waals surface area contributed by atoms with E-state index in [2.05, 4.69) is 52.7 Å². The van der Waals surface area contributed by atoms with Gasteiger partial charge in [-0.3, -0.25) is 0 Å². The molecule has 0 saturated heterocycles. The Morgan fingerprint density at radius 1 is 0.593 bits per heavy atom. The minimum atomic E-state index is 0.642. The van der Waals surface area contributed by atoms with E-state index in [0.29, 0.717) is 6.61 Å². The molecule has 4 aromatic rings. The lowest BCUT2D eigenvalue weighted by atomic mass is 10.1. The van der Waals surface area contributed by atoms with Gasteiger partial charge < -0.3 is 4.74 Å². The van der Waals surface area contributed by atoms with E-state index in [-0.39, 0.29) is 0 Å². The highest BCUT2D eigenvalue weighted by Gasteiger charge is 1.99. The standard InChI is InChI=1S/C24H20N2O/c1-2-8-22(9-3-1)25-26-23-12-14-24(15-13-23)27-17-16-19-10-11-20-6-4-5-7-21(20)18-19/h1-15,18H,16-17H2. The average Bonchev–Trinajstić information content (AvgIpc) is 2.74. The van der Waals surface area contributed by atoms with E-state index in [1.165, 1.54) is 16.3 Å². The fourth-order valence-electron chi connectivity index (χ4n) is 2.90. The number of fused-ring (bicyclic) bond motifs is 1. The van der Waals surface area contributed by atoms with Crippen LogP contribution >= 0.6 is 0 Å². The molecule has 4 rings (SSSR count). The number of rotatable bonds is 6. The van der Waals surface area contributed by atoms with Crippen LogP contribution in [0.2, 0.25) is 0 Å². The Kier molecular flexibility index (Phi) is 5.21. The molecule has 0 aliphatic carbocycles. The number of nitrogens with zero attached hydrogens (tertiary/aromatic N) is 2. The van der Waals surface area contributed by atoms with Crippen LogP contribution in [-0.2, 0) is 6.42 Å². The van der Waals surface area contributed by atoms with Crippen LogP contribution < -0.4 is 4.74 Å². The summed E-state index contributed by atoms with van der Waals surface area (Å²) in [6, 6.07) is 32.4. The molecule has 4 aromatic carbocycles. The van der Waals surface area contributed by atoms with Gasteiger partial charge in [-0.25, -0.2) is 0 Å². The van der Waals surface area contributed by atoms with Crippen molar-refractivity contribution in [3.63, 3.8) is 0 Å². The molecule has 0 atom stereocenters. The Morgan fingerprint density at radius 2 is 1.26 bits per heavy atom. The summed E-state index contributed by atoms with van der Waals surface area (Å²) in [5.74, 6) is 0.842.